The van der Waals surface area contributed by atoms with Gasteiger partial charge in [-0.3, -0.25) is 0 Å². The second-order valence-electron chi connectivity index (χ2n) is 6.81. The Bertz CT molecular complexity index is 637. The van der Waals surface area contributed by atoms with Crippen molar-refractivity contribution in [2.75, 3.05) is 0 Å². The number of benzene rings is 1. The largest absolute Gasteiger partial charge is 0.447 e. The highest BCUT2D eigenvalue weighted by atomic mass is 35.6. The van der Waals surface area contributed by atoms with Crippen LogP contribution in [0.3, 0.4) is 0 Å². The summed E-state index contributed by atoms with van der Waals surface area (Å²) in [5, 5.41) is 2.37. The molecule has 0 saturated carbocycles. The molecule has 134 valence electrons. The number of nitrogens with one attached hydrogen (secondary N) is 1. The Labute approximate surface area is 156 Å². The molecule has 1 atom stereocenters. The molecule has 2 rings (SSSR count). The van der Waals surface area contributed by atoms with E-state index in [9.17, 15) is 4.79 Å². The smallest absolute Gasteiger partial charge is 0.413 e. The number of fused-ring (bicyclic) bond motifs is 1. The molecule has 1 aromatic carbocycles. The van der Waals surface area contributed by atoms with Crippen molar-refractivity contribution in [1.82, 2.24) is 5.32 Å². The third-order valence-corrected chi connectivity index (χ3v) is 4.05. The molecule has 0 fully saturated rings. The molecule has 0 saturated heterocycles. The van der Waals surface area contributed by atoms with Gasteiger partial charge in [0.05, 0.1) is 6.10 Å². The zero-order valence-electron chi connectivity index (χ0n) is 14.1. The van der Waals surface area contributed by atoms with Crippen LogP contribution in [0.2, 0.25) is 0 Å². The van der Waals surface area contributed by atoms with Gasteiger partial charge < -0.3 is 14.2 Å². The van der Waals surface area contributed by atoms with Crippen molar-refractivity contribution >= 4 is 40.9 Å². The summed E-state index contributed by atoms with van der Waals surface area (Å²) in [7, 11) is 0. The lowest BCUT2D eigenvalue weighted by Gasteiger charge is -2.33. The van der Waals surface area contributed by atoms with Gasteiger partial charge in [0.25, 0.3) is 3.79 Å². The van der Waals surface area contributed by atoms with E-state index in [-0.39, 0.29) is 11.5 Å². The van der Waals surface area contributed by atoms with Crippen LogP contribution in [0.25, 0.3) is 0 Å². The maximum atomic E-state index is 12.0. The molecule has 0 aromatic heterocycles. The summed E-state index contributed by atoms with van der Waals surface area (Å²) < 4.78 is 14.3. The van der Waals surface area contributed by atoms with E-state index >= 15 is 0 Å². The SMILES string of the molecule is CC(C)OC(=O)NC1(C(Cl)(Cl)Cl)Oc2ccc(C(C)(C)C)cc2O1. The lowest BCUT2D eigenvalue weighted by Crippen LogP contribution is -2.63. The predicted molar refractivity (Wildman–Crippen MR) is 94.2 cm³/mol. The van der Waals surface area contributed by atoms with Gasteiger partial charge in [-0.05, 0) is 37.0 Å². The van der Waals surface area contributed by atoms with Crippen LogP contribution in [0.15, 0.2) is 18.2 Å². The van der Waals surface area contributed by atoms with Gasteiger partial charge in [-0.1, -0.05) is 61.6 Å². The number of ether oxygens (including phenoxy) is 3. The molecule has 1 heterocycles. The minimum absolute atomic E-state index is 0.104. The Hall–Kier alpha value is -1.04. The van der Waals surface area contributed by atoms with Gasteiger partial charge in [-0.2, -0.15) is 0 Å². The van der Waals surface area contributed by atoms with Crippen molar-refractivity contribution in [2.24, 2.45) is 0 Å². The van der Waals surface area contributed by atoms with Crippen molar-refractivity contribution in [2.45, 2.75) is 55.8 Å². The second kappa shape index (κ2) is 6.36. The summed E-state index contributed by atoms with van der Waals surface area (Å²) in [5.41, 5.74) is 0.905. The summed E-state index contributed by atoms with van der Waals surface area (Å²) in [6, 6.07) is 5.40. The Morgan fingerprint density at radius 3 is 2.25 bits per heavy atom. The van der Waals surface area contributed by atoms with E-state index in [2.05, 4.69) is 26.1 Å². The fraction of sp³-hybridized carbons (Fsp3) is 0.562. The van der Waals surface area contributed by atoms with Gasteiger partial charge in [0, 0.05) is 0 Å². The van der Waals surface area contributed by atoms with Crippen molar-refractivity contribution in [3.8, 4) is 11.5 Å². The molecule has 1 aliphatic heterocycles. The van der Waals surface area contributed by atoms with Crippen molar-refractivity contribution in [3.63, 3.8) is 0 Å². The highest BCUT2D eigenvalue weighted by Gasteiger charge is 2.60. The van der Waals surface area contributed by atoms with Gasteiger partial charge in [0.1, 0.15) is 0 Å². The molecule has 0 aliphatic carbocycles. The molecule has 1 N–H and O–H groups in total. The van der Waals surface area contributed by atoms with E-state index in [0.29, 0.717) is 11.5 Å². The molecule has 1 unspecified atom stereocenters. The van der Waals surface area contributed by atoms with E-state index in [1.54, 1.807) is 26.0 Å². The quantitative estimate of drug-likeness (QED) is 0.721. The van der Waals surface area contributed by atoms with E-state index in [4.69, 9.17) is 49.0 Å². The highest BCUT2D eigenvalue weighted by molar-refractivity contribution is 6.68. The maximum absolute atomic E-state index is 12.0. The van der Waals surface area contributed by atoms with Crippen molar-refractivity contribution in [3.05, 3.63) is 23.8 Å². The van der Waals surface area contributed by atoms with Crippen LogP contribution >= 0.6 is 34.8 Å². The van der Waals surface area contributed by atoms with Gasteiger partial charge in [-0.25, -0.2) is 10.1 Å². The van der Waals surface area contributed by atoms with Crippen LogP contribution in [-0.4, -0.2) is 21.9 Å². The molecular weight excluding hydrogens is 377 g/mol. The number of carbonyl (C=O) groups excluding carboxylic acids is 1. The van der Waals surface area contributed by atoms with E-state index in [1.165, 1.54) is 0 Å². The zero-order valence-corrected chi connectivity index (χ0v) is 16.3. The number of alkyl carbamates (subject to hydrolysis) is 1. The minimum atomic E-state index is -2.09. The monoisotopic (exact) mass is 395 g/mol. The molecule has 1 amide bonds. The number of amides is 1. The molecule has 24 heavy (non-hydrogen) atoms. The normalized spacial score (nSPS) is 20.2. The van der Waals surface area contributed by atoms with Gasteiger partial charge in [-0.15, -0.1) is 0 Å². The second-order valence-corrected chi connectivity index (χ2v) is 9.09. The molecular formula is C16H20Cl3NO4. The van der Waals surface area contributed by atoms with E-state index in [0.717, 1.165) is 5.56 Å². The maximum Gasteiger partial charge on any atom is 0.413 e. The summed E-state index contributed by atoms with van der Waals surface area (Å²) in [4.78, 5) is 12.0. The molecule has 8 heteroatoms. The summed E-state index contributed by atoms with van der Waals surface area (Å²) in [5.74, 6) is -1.28. The molecule has 5 nitrogen and oxygen atoms in total. The molecule has 1 aliphatic rings. The first-order valence-corrected chi connectivity index (χ1v) is 8.55. The van der Waals surface area contributed by atoms with Crippen molar-refractivity contribution in [1.29, 1.82) is 0 Å². The molecule has 1 aromatic rings. The average molecular weight is 397 g/mol. The Balaban J connectivity index is 2.34. The first-order chi connectivity index (χ1) is 10.8. The molecule has 0 bridgehead atoms. The molecule has 0 radical (unpaired) electrons. The number of rotatable bonds is 2. The highest BCUT2D eigenvalue weighted by Crippen LogP contribution is 2.49. The zero-order chi connectivity index (χ0) is 18.3. The van der Waals surface area contributed by atoms with Crippen LogP contribution in [0, 0.1) is 0 Å². The van der Waals surface area contributed by atoms with Crippen LogP contribution in [-0.2, 0) is 10.2 Å². The van der Waals surface area contributed by atoms with E-state index < -0.39 is 15.8 Å². The first-order valence-electron chi connectivity index (χ1n) is 7.42. The third kappa shape index (κ3) is 3.95. The number of alkyl halides is 3. The predicted octanol–water partition coefficient (Wildman–Crippen LogP) is 4.91. The Morgan fingerprint density at radius 1 is 1.17 bits per heavy atom. The van der Waals surface area contributed by atoms with Crippen LogP contribution < -0.4 is 14.8 Å². The van der Waals surface area contributed by atoms with Crippen molar-refractivity contribution < 1.29 is 19.0 Å². The topological polar surface area (TPSA) is 56.8 Å². The Kier molecular flexibility index (Phi) is 5.11. The summed E-state index contributed by atoms with van der Waals surface area (Å²) in [6.07, 6.45) is -1.17. The van der Waals surface area contributed by atoms with Gasteiger partial charge in [0.15, 0.2) is 11.5 Å². The van der Waals surface area contributed by atoms with Crippen LogP contribution in [0.4, 0.5) is 4.79 Å². The lowest BCUT2D eigenvalue weighted by atomic mass is 9.87. The Morgan fingerprint density at radius 2 is 1.75 bits per heavy atom. The summed E-state index contributed by atoms with van der Waals surface area (Å²) >= 11 is 18.0. The standard InChI is InChI=1S/C16H20Cl3NO4/c1-9(2)22-13(21)20-16(15(17,18)19)23-11-7-6-10(14(3,4)5)8-12(11)24-16/h6-9H,1-5H3,(H,20,21). The molecule has 0 spiro atoms. The fourth-order valence-electron chi connectivity index (χ4n) is 2.08. The number of halogens is 3. The minimum Gasteiger partial charge on any atom is -0.447 e. The lowest BCUT2D eigenvalue weighted by molar-refractivity contribution is -0.100. The van der Waals surface area contributed by atoms with E-state index in [1.807, 2.05) is 6.07 Å². The number of carbonyl (C=O) groups is 1. The third-order valence-electron chi connectivity index (χ3n) is 3.30. The summed E-state index contributed by atoms with van der Waals surface area (Å²) in [6.45, 7) is 9.57. The average Bonchev–Trinajstić information content (AvgIpc) is 2.73. The first kappa shape index (κ1) is 19.3. The van der Waals surface area contributed by atoms with Gasteiger partial charge >= 0.3 is 12.0 Å². The van der Waals surface area contributed by atoms with Gasteiger partial charge in [0.2, 0.25) is 0 Å². The number of hydrogen-bond acceptors (Lipinski definition) is 4. The fourth-order valence-corrected chi connectivity index (χ4v) is 2.46. The number of hydrogen-bond donors (Lipinski definition) is 1. The van der Waals surface area contributed by atoms with Crippen LogP contribution in [0.1, 0.15) is 40.2 Å². The van der Waals surface area contributed by atoms with Crippen LogP contribution in [0.5, 0.6) is 11.5 Å².